The molecule has 1 fully saturated rings. The van der Waals surface area contributed by atoms with Gasteiger partial charge in [-0.25, -0.2) is 9.97 Å². The van der Waals surface area contributed by atoms with Crippen LogP contribution >= 0.6 is 0 Å². The van der Waals surface area contributed by atoms with E-state index in [9.17, 15) is 0 Å². The zero-order valence-corrected chi connectivity index (χ0v) is 17.1. The van der Waals surface area contributed by atoms with Gasteiger partial charge in [-0.05, 0) is 56.5 Å². The summed E-state index contributed by atoms with van der Waals surface area (Å²) in [6.07, 6.45) is 5.39. The largest absolute Gasteiger partial charge is 0.491 e. The molecule has 1 atom stereocenters. The Morgan fingerprint density at radius 3 is 2.79 bits per heavy atom. The maximum Gasteiger partial charge on any atom is 0.141 e. The molecule has 3 aromatic rings. The van der Waals surface area contributed by atoms with Crippen molar-refractivity contribution in [1.82, 2.24) is 19.9 Å². The number of hydrogen-bond donors (Lipinski definition) is 0. The number of pyridine rings is 1. The number of aromatic nitrogens is 3. The van der Waals surface area contributed by atoms with Gasteiger partial charge in [0.2, 0.25) is 0 Å². The van der Waals surface area contributed by atoms with Crippen molar-refractivity contribution in [2.24, 2.45) is 0 Å². The fourth-order valence-corrected chi connectivity index (χ4v) is 4.51. The average Bonchev–Trinajstić information content (AvgIpc) is 3.36. The van der Waals surface area contributed by atoms with E-state index in [-0.39, 0.29) is 0 Å². The summed E-state index contributed by atoms with van der Waals surface area (Å²) in [5.41, 5.74) is 6.85. The van der Waals surface area contributed by atoms with Gasteiger partial charge in [0.05, 0.1) is 18.0 Å². The first-order valence-corrected chi connectivity index (χ1v) is 10.4. The normalized spacial score (nSPS) is 18.6. The number of aryl methyl sites for hydroxylation is 2. The maximum absolute atomic E-state index is 5.73. The van der Waals surface area contributed by atoms with Crippen LogP contribution in [0.25, 0.3) is 11.3 Å². The van der Waals surface area contributed by atoms with Crippen molar-refractivity contribution < 1.29 is 4.74 Å². The first-order chi connectivity index (χ1) is 14.2. The molecule has 0 spiro atoms. The molecule has 5 heteroatoms. The summed E-state index contributed by atoms with van der Waals surface area (Å²) in [6, 6.07) is 13.5. The van der Waals surface area contributed by atoms with Gasteiger partial charge in [0, 0.05) is 36.5 Å². The molecule has 0 unspecified atom stereocenters. The van der Waals surface area contributed by atoms with Gasteiger partial charge in [-0.1, -0.05) is 24.3 Å². The Morgan fingerprint density at radius 1 is 1.10 bits per heavy atom. The number of ether oxygens (including phenoxy) is 1. The van der Waals surface area contributed by atoms with Gasteiger partial charge in [0.1, 0.15) is 11.6 Å². The number of nitrogens with zero attached hydrogens (tertiary/aromatic N) is 4. The van der Waals surface area contributed by atoms with Crippen LogP contribution in [0.3, 0.4) is 0 Å². The van der Waals surface area contributed by atoms with Crippen molar-refractivity contribution in [1.29, 1.82) is 0 Å². The second-order valence-electron chi connectivity index (χ2n) is 8.08. The standard InChI is InChI=1S/C24H26N4O/c1-16-12-22(27-17(2)26-16)19-7-5-18(6-8-19)15-28-10-3-4-23(28)20-13-24-21(25-14-20)9-11-29-24/h5-8,12-14,23H,3-4,9-11,15H2,1-2H3/t23-/m0/s1. The monoisotopic (exact) mass is 386 g/mol. The number of benzene rings is 1. The molecule has 29 heavy (non-hydrogen) atoms. The van der Waals surface area contributed by atoms with E-state index < -0.39 is 0 Å². The highest BCUT2D eigenvalue weighted by Crippen LogP contribution is 2.36. The van der Waals surface area contributed by atoms with E-state index in [0.717, 1.165) is 60.3 Å². The molecule has 5 nitrogen and oxygen atoms in total. The Kier molecular flexibility index (Phi) is 4.76. The lowest BCUT2D eigenvalue weighted by Crippen LogP contribution is -2.22. The quantitative estimate of drug-likeness (QED) is 0.664. The zero-order chi connectivity index (χ0) is 19.8. The third-order valence-electron chi connectivity index (χ3n) is 5.90. The van der Waals surface area contributed by atoms with Crippen molar-refractivity contribution in [3.05, 3.63) is 70.9 Å². The molecule has 1 aromatic carbocycles. The minimum absolute atomic E-state index is 0.420. The number of fused-ring (bicyclic) bond motifs is 1. The summed E-state index contributed by atoms with van der Waals surface area (Å²) >= 11 is 0. The highest BCUT2D eigenvalue weighted by atomic mass is 16.5. The Balaban J connectivity index is 1.33. The van der Waals surface area contributed by atoms with Crippen LogP contribution in [0.1, 0.15) is 47.2 Å². The summed E-state index contributed by atoms with van der Waals surface area (Å²) in [5.74, 6) is 1.80. The minimum atomic E-state index is 0.420. The summed E-state index contributed by atoms with van der Waals surface area (Å²) in [4.78, 5) is 16.2. The second kappa shape index (κ2) is 7.56. The third kappa shape index (κ3) is 3.75. The maximum atomic E-state index is 5.73. The molecule has 0 aliphatic carbocycles. The van der Waals surface area contributed by atoms with E-state index in [1.807, 2.05) is 19.9 Å². The molecule has 5 rings (SSSR count). The predicted octanol–water partition coefficient (Wildman–Crippen LogP) is 4.43. The SMILES string of the molecule is Cc1cc(-c2ccc(CN3CCC[C@H]3c3cnc4c(c3)OCC4)cc2)nc(C)n1. The van der Waals surface area contributed by atoms with Crippen LogP contribution in [0.15, 0.2) is 42.6 Å². The highest BCUT2D eigenvalue weighted by molar-refractivity contribution is 5.59. The van der Waals surface area contributed by atoms with Crippen LogP contribution in [0.4, 0.5) is 0 Å². The van der Waals surface area contributed by atoms with Crippen molar-refractivity contribution in [3.8, 4) is 17.0 Å². The van der Waals surface area contributed by atoms with Crippen molar-refractivity contribution in [2.75, 3.05) is 13.2 Å². The second-order valence-corrected chi connectivity index (χ2v) is 8.08. The number of hydrogen-bond acceptors (Lipinski definition) is 5. The smallest absolute Gasteiger partial charge is 0.141 e. The summed E-state index contributed by atoms with van der Waals surface area (Å²) in [5, 5.41) is 0. The minimum Gasteiger partial charge on any atom is -0.491 e. The molecule has 2 aliphatic heterocycles. The number of rotatable bonds is 4. The molecule has 0 saturated carbocycles. The number of likely N-dealkylation sites (tertiary alicyclic amines) is 1. The van der Waals surface area contributed by atoms with Crippen LogP contribution in [0, 0.1) is 13.8 Å². The Hall–Kier alpha value is -2.79. The molecule has 2 aliphatic rings. The van der Waals surface area contributed by atoms with Crippen LogP contribution in [0.2, 0.25) is 0 Å². The van der Waals surface area contributed by atoms with Gasteiger partial charge >= 0.3 is 0 Å². The molecular weight excluding hydrogens is 360 g/mol. The fraction of sp³-hybridized carbons (Fsp3) is 0.375. The van der Waals surface area contributed by atoms with Crippen LogP contribution in [-0.4, -0.2) is 33.0 Å². The van der Waals surface area contributed by atoms with Crippen molar-refractivity contribution in [2.45, 2.75) is 45.7 Å². The molecular formula is C24H26N4O. The zero-order valence-electron chi connectivity index (χ0n) is 17.1. The van der Waals surface area contributed by atoms with Crippen LogP contribution < -0.4 is 4.74 Å². The average molecular weight is 386 g/mol. The predicted molar refractivity (Wildman–Crippen MR) is 113 cm³/mol. The van der Waals surface area contributed by atoms with Gasteiger partial charge < -0.3 is 4.74 Å². The molecule has 0 bridgehead atoms. The molecule has 1 saturated heterocycles. The van der Waals surface area contributed by atoms with Crippen LogP contribution in [0.5, 0.6) is 5.75 Å². The van der Waals surface area contributed by atoms with Gasteiger partial charge in [0.25, 0.3) is 0 Å². The molecule has 2 aromatic heterocycles. The van der Waals surface area contributed by atoms with E-state index in [0.29, 0.717) is 6.04 Å². The van der Waals surface area contributed by atoms with E-state index >= 15 is 0 Å². The van der Waals surface area contributed by atoms with E-state index in [1.165, 1.54) is 24.0 Å². The van der Waals surface area contributed by atoms with E-state index in [4.69, 9.17) is 4.74 Å². The Morgan fingerprint density at radius 2 is 1.97 bits per heavy atom. The summed E-state index contributed by atoms with van der Waals surface area (Å²) in [6.45, 7) is 6.79. The fourth-order valence-electron chi connectivity index (χ4n) is 4.51. The highest BCUT2D eigenvalue weighted by Gasteiger charge is 2.27. The Bertz CT molecular complexity index is 1010. The van der Waals surface area contributed by atoms with Gasteiger partial charge in [-0.2, -0.15) is 0 Å². The summed E-state index contributed by atoms with van der Waals surface area (Å²) < 4.78 is 5.73. The molecule has 0 radical (unpaired) electrons. The first kappa shape index (κ1) is 18.3. The third-order valence-corrected chi connectivity index (χ3v) is 5.90. The molecule has 148 valence electrons. The molecule has 4 heterocycles. The molecule has 0 amide bonds. The lowest BCUT2D eigenvalue weighted by Gasteiger charge is -2.25. The Labute approximate surface area is 171 Å². The lowest BCUT2D eigenvalue weighted by molar-refractivity contribution is 0.247. The molecule has 0 N–H and O–H groups in total. The van der Waals surface area contributed by atoms with Crippen LogP contribution in [-0.2, 0) is 13.0 Å². The van der Waals surface area contributed by atoms with E-state index in [2.05, 4.69) is 56.4 Å². The summed E-state index contributed by atoms with van der Waals surface area (Å²) in [7, 11) is 0. The topological polar surface area (TPSA) is 51.1 Å². The van der Waals surface area contributed by atoms with Gasteiger partial charge in [-0.15, -0.1) is 0 Å². The van der Waals surface area contributed by atoms with E-state index in [1.54, 1.807) is 0 Å². The van der Waals surface area contributed by atoms with Gasteiger partial charge in [0.15, 0.2) is 0 Å². The lowest BCUT2D eigenvalue weighted by atomic mass is 10.0. The van der Waals surface area contributed by atoms with Gasteiger partial charge in [-0.3, -0.25) is 9.88 Å². The van der Waals surface area contributed by atoms with Crippen molar-refractivity contribution >= 4 is 0 Å². The van der Waals surface area contributed by atoms with Crippen molar-refractivity contribution in [3.63, 3.8) is 0 Å². The first-order valence-electron chi connectivity index (χ1n) is 10.4.